The van der Waals surface area contributed by atoms with E-state index >= 15 is 0 Å². The molecule has 0 aliphatic carbocycles. The van der Waals surface area contributed by atoms with Crippen LogP contribution in [0.5, 0.6) is 0 Å². The molecule has 1 aromatic heterocycles. The normalized spacial score (nSPS) is 12.2. The van der Waals surface area contributed by atoms with Gasteiger partial charge in [0.1, 0.15) is 0 Å². The summed E-state index contributed by atoms with van der Waals surface area (Å²) in [4.78, 5) is 35.0. The molecule has 9 nitrogen and oxygen atoms in total. The Labute approximate surface area is 169 Å². The summed E-state index contributed by atoms with van der Waals surface area (Å²) < 4.78 is 4.15. The first-order valence-electron chi connectivity index (χ1n) is 8.59. The molecule has 0 spiro atoms. The minimum Gasteiger partial charge on any atom is -0.324 e. The molecule has 29 heavy (non-hydrogen) atoms. The fraction of sp³-hybridized carbons (Fsp3) is 0.211. The average Bonchev–Trinajstić information content (AvgIpc) is 3.06. The minimum atomic E-state index is -1.34. The molecule has 0 radical (unpaired) electrons. The van der Waals surface area contributed by atoms with Crippen molar-refractivity contribution in [2.24, 2.45) is 10.2 Å². The maximum Gasteiger partial charge on any atom is 0.270 e. The number of benzene rings is 2. The van der Waals surface area contributed by atoms with Crippen LogP contribution in [-0.4, -0.2) is 27.0 Å². The maximum absolute atomic E-state index is 12.6. The molecule has 3 aromatic rings. The number of carbonyl (C=O) groups is 2. The number of Topliss-reactive ketones (excluding diaryl/α,β-unsaturated/α-hetero) is 1. The highest BCUT2D eigenvalue weighted by Gasteiger charge is 2.24. The number of nitro groups is 1. The van der Waals surface area contributed by atoms with Crippen LogP contribution in [0, 0.1) is 24.0 Å². The van der Waals surface area contributed by atoms with E-state index in [1.54, 1.807) is 6.07 Å². The van der Waals surface area contributed by atoms with Gasteiger partial charge in [0.2, 0.25) is 6.04 Å². The standard InChI is InChI=1S/C19H17N5O4S/c1-10-4-6-15(11(2)8-10)20-18(26)17(12(3)25)21-22-19-14-9-13(24(27)28)5-7-16(14)23-29-19/h4-9,17H,1-3H3,(H,20,26). The zero-order chi connectivity index (χ0) is 21.1. The SMILES string of the molecule is CC(=O)C(N=Nc1snc2ccc([N+](=O)[O-])cc12)C(=O)Nc1ccc(C)cc1C. The highest BCUT2D eigenvalue weighted by Crippen LogP contribution is 2.33. The lowest BCUT2D eigenvalue weighted by atomic mass is 10.1. The summed E-state index contributed by atoms with van der Waals surface area (Å²) in [6.45, 7) is 5.04. The fourth-order valence-electron chi connectivity index (χ4n) is 2.69. The van der Waals surface area contributed by atoms with Crippen molar-refractivity contribution in [1.29, 1.82) is 0 Å². The van der Waals surface area contributed by atoms with Crippen LogP contribution in [0.2, 0.25) is 0 Å². The summed E-state index contributed by atoms with van der Waals surface area (Å²) in [6, 6.07) is 8.38. The van der Waals surface area contributed by atoms with Crippen LogP contribution in [0.25, 0.3) is 10.9 Å². The zero-order valence-corrected chi connectivity index (χ0v) is 16.7. The number of non-ortho nitro benzene ring substituents is 1. The Morgan fingerprint density at radius 1 is 1.21 bits per heavy atom. The van der Waals surface area contributed by atoms with Gasteiger partial charge in [-0.3, -0.25) is 19.7 Å². The van der Waals surface area contributed by atoms with Gasteiger partial charge in [0.15, 0.2) is 10.8 Å². The van der Waals surface area contributed by atoms with Crippen molar-refractivity contribution in [3.63, 3.8) is 0 Å². The number of amides is 1. The average molecular weight is 411 g/mol. The first-order valence-corrected chi connectivity index (χ1v) is 9.37. The van der Waals surface area contributed by atoms with Gasteiger partial charge >= 0.3 is 0 Å². The first-order chi connectivity index (χ1) is 13.8. The molecule has 0 aliphatic rings. The van der Waals surface area contributed by atoms with Gasteiger partial charge in [-0.05, 0) is 50.0 Å². The predicted molar refractivity (Wildman–Crippen MR) is 110 cm³/mol. The van der Waals surface area contributed by atoms with Crippen molar-refractivity contribution in [2.75, 3.05) is 5.32 Å². The molecule has 0 saturated heterocycles. The summed E-state index contributed by atoms with van der Waals surface area (Å²) in [5.41, 5.74) is 2.91. The van der Waals surface area contributed by atoms with Gasteiger partial charge in [-0.1, -0.05) is 17.7 Å². The van der Waals surface area contributed by atoms with Crippen LogP contribution < -0.4 is 5.32 Å². The Kier molecular flexibility index (Phi) is 5.74. The number of hydrogen-bond acceptors (Lipinski definition) is 8. The number of nitrogens with one attached hydrogen (secondary N) is 1. The van der Waals surface area contributed by atoms with Crippen LogP contribution in [0.3, 0.4) is 0 Å². The van der Waals surface area contributed by atoms with E-state index in [-0.39, 0.29) is 10.7 Å². The Balaban J connectivity index is 1.86. The molecular weight excluding hydrogens is 394 g/mol. The lowest BCUT2D eigenvalue weighted by Gasteiger charge is -2.11. The number of anilines is 1. The van der Waals surface area contributed by atoms with Crippen LogP contribution in [-0.2, 0) is 9.59 Å². The Bertz CT molecular complexity index is 1150. The third-order valence-corrected chi connectivity index (χ3v) is 4.95. The first kappa shape index (κ1) is 20.2. The van der Waals surface area contributed by atoms with Crippen molar-refractivity contribution in [2.45, 2.75) is 26.8 Å². The number of ketones is 1. The lowest BCUT2D eigenvalue weighted by molar-refractivity contribution is -0.384. The maximum atomic E-state index is 12.6. The quantitative estimate of drug-likeness (QED) is 0.276. The third-order valence-electron chi connectivity index (χ3n) is 4.19. The molecule has 10 heteroatoms. The molecule has 0 bridgehead atoms. The number of rotatable bonds is 6. The van der Waals surface area contributed by atoms with Crippen LogP contribution >= 0.6 is 11.5 Å². The number of nitrogens with zero attached hydrogens (tertiary/aromatic N) is 4. The molecule has 0 saturated carbocycles. The summed E-state index contributed by atoms with van der Waals surface area (Å²) in [5.74, 6) is -1.08. The van der Waals surface area contributed by atoms with E-state index in [4.69, 9.17) is 0 Å². The smallest absolute Gasteiger partial charge is 0.270 e. The van der Waals surface area contributed by atoms with E-state index in [0.717, 1.165) is 22.7 Å². The number of nitro benzene ring substituents is 1. The van der Waals surface area contributed by atoms with E-state index < -0.39 is 22.7 Å². The monoisotopic (exact) mass is 411 g/mol. The number of aromatic nitrogens is 1. The molecule has 148 valence electrons. The molecule has 1 heterocycles. The van der Waals surface area contributed by atoms with Gasteiger partial charge in [-0.25, -0.2) is 0 Å². The summed E-state index contributed by atoms with van der Waals surface area (Å²) in [6.07, 6.45) is 0. The number of azo groups is 1. The molecule has 1 atom stereocenters. The number of carbonyl (C=O) groups excluding carboxylic acids is 2. The second-order valence-electron chi connectivity index (χ2n) is 6.48. The van der Waals surface area contributed by atoms with E-state index in [2.05, 4.69) is 19.9 Å². The Hall–Kier alpha value is -3.53. The number of fused-ring (bicyclic) bond motifs is 1. The van der Waals surface area contributed by atoms with Crippen LogP contribution in [0.15, 0.2) is 46.6 Å². The summed E-state index contributed by atoms with van der Waals surface area (Å²) in [5, 5.41) is 22.3. The van der Waals surface area contributed by atoms with Gasteiger partial charge in [0.05, 0.1) is 10.4 Å². The Morgan fingerprint density at radius 3 is 2.62 bits per heavy atom. The second kappa shape index (κ2) is 8.23. The number of hydrogen-bond donors (Lipinski definition) is 1. The van der Waals surface area contributed by atoms with Crippen molar-refractivity contribution in [3.8, 4) is 0 Å². The van der Waals surface area contributed by atoms with Crippen molar-refractivity contribution < 1.29 is 14.5 Å². The second-order valence-corrected chi connectivity index (χ2v) is 7.23. The molecule has 0 aliphatic heterocycles. The van der Waals surface area contributed by atoms with Gasteiger partial charge in [0.25, 0.3) is 11.6 Å². The fourth-order valence-corrected chi connectivity index (χ4v) is 3.38. The van der Waals surface area contributed by atoms with Gasteiger partial charge in [-0.15, -0.1) is 5.11 Å². The van der Waals surface area contributed by atoms with Crippen molar-refractivity contribution >= 4 is 50.5 Å². The largest absolute Gasteiger partial charge is 0.324 e. The third kappa shape index (κ3) is 4.49. The van der Waals surface area contributed by atoms with Gasteiger partial charge in [0, 0.05) is 23.2 Å². The molecule has 0 fully saturated rings. The highest BCUT2D eigenvalue weighted by atomic mass is 32.1. The van der Waals surface area contributed by atoms with E-state index in [0.29, 0.717) is 16.6 Å². The molecule has 1 amide bonds. The molecule has 1 unspecified atom stereocenters. The Morgan fingerprint density at radius 2 is 1.97 bits per heavy atom. The van der Waals surface area contributed by atoms with Gasteiger partial charge in [-0.2, -0.15) is 9.49 Å². The van der Waals surface area contributed by atoms with Crippen molar-refractivity contribution in [1.82, 2.24) is 4.37 Å². The summed E-state index contributed by atoms with van der Waals surface area (Å²) in [7, 11) is 0. The van der Waals surface area contributed by atoms with E-state index in [1.165, 1.54) is 25.1 Å². The minimum absolute atomic E-state index is 0.107. The zero-order valence-electron chi connectivity index (χ0n) is 15.9. The summed E-state index contributed by atoms with van der Waals surface area (Å²) >= 11 is 0.981. The topological polar surface area (TPSA) is 127 Å². The van der Waals surface area contributed by atoms with Crippen molar-refractivity contribution in [3.05, 3.63) is 57.6 Å². The molecule has 1 N–H and O–H groups in total. The lowest BCUT2D eigenvalue weighted by Crippen LogP contribution is -2.32. The van der Waals surface area contributed by atoms with E-state index in [9.17, 15) is 19.7 Å². The van der Waals surface area contributed by atoms with Crippen LogP contribution in [0.1, 0.15) is 18.1 Å². The highest BCUT2D eigenvalue weighted by molar-refractivity contribution is 7.11. The van der Waals surface area contributed by atoms with Crippen LogP contribution in [0.4, 0.5) is 16.4 Å². The molecule has 3 rings (SSSR count). The molecular formula is C19H17N5O4S. The number of aryl methyl sites for hydroxylation is 2. The molecule has 2 aromatic carbocycles. The van der Waals surface area contributed by atoms with Gasteiger partial charge < -0.3 is 5.32 Å². The predicted octanol–water partition coefficient (Wildman–Crippen LogP) is 4.50. The van der Waals surface area contributed by atoms with E-state index in [1.807, 2.05) is 26.0 Å².